The molecule has 182 valence electrons. The first-order valence-corrected chi connectivity index (χ1v) is 11.3. The van der Waals surface area contributed by atoms with Gasteiger partial charge in [-0.05, 0) is 43.4 Å². The third-order valence-corrected chi connectivity index (χ3v) is 5.58. The smallest absolute Gasteiger partial charge is 0.224 e. The molecule has 2 aromatic rings. The summed E-state index contributed by atoms with van der Waals surface area (Å²) in [6, 6.07) is 14.1. The predicted octanol–water partition coefficient (Wildman–Crippen LogP) is 2.24. The largest absolute Gasteiger partial charge is 0.370 e. The molecule has 0 fully saturated rings. The maximum atomic E-state index is 13.9. The summed E-state index contributed by atoms with van der Waals surface area (Å²) in [6.45, 7) is 1.44. The lowest BCUT2D eigenvalue weighted by atomic mass is 9.91. The first-order chi connectivity index (χ1) is 16.2. The Morgan fingerprint density at radius 1 is 0.941 bits per heavy atom. The Bertz CT molecular complexity index is 997. The van der Waals surface area contributed by atoms with E-state index in [0.29, 0.717) is 18.4 Å². The molecule has 0 radical (unpaired) electrons. The van der Waals surface area contributed by atoms with Crippen LogP contribution in [0.25, 0.3) is 0 Å². The van der Waals surface area contributed by atoms with Crippen molar-refractivity contribution in [1.82, 2.24) is 5.32 Å². The molecule has 5 N–H and O–H groups in total. The number of aryl methyl sites for hydroxylation is 1. The first kappa shape index (κ1) is 26.9. The average Bonchev–Trinajstić information content (AvgIpc) is 2.78. The van der Waals surface area contributed by atoms with Crippen LogP contribution in [-0.2, 0) is 32.0 Å². The summed E-state index contributed by atoms with van der Waals surface area (Å²) in [6.07, 6.45) is 0.611. The van der Waals surface area contributed by atoms with Crippen LogP contribution in [0.3, 0.4) is 0 Å². The zero-order valence-electron chi connectivity index (χ0n) is 19.3. The summed E-state index contributed by atoms with van der Waals surface area (Å²) in [5, 5.41) is 2.81. The summed E-state index contributed by atoms with van der Waals surface area (Å²) in [5.74, 6) is -3.33. The number of primary amides is 1. The van der Waals surface area contributed by atoms with Crippen molar-refractivity contribution in [2.24, 2.45) is 17.4 Å². The number of carbonyl (C=O) groups excluding carboxylic acids is 4. The van der Waals surface area contributed by atoms with Crippen molar-refractivity contribution >= 4 is 23.4 Å². The molecule has 0 aliphatic heterocycles. The second kappa shape index (κ2) is 13.3. The molecule has 0 aromatic heterocycles. The van der Waals surface area contributed by atoms with E-state index in [2.05, 4.69) is 5.32 Å². The molecule has 3 atom stereocenters. The lowest BCUT2D eigenvalue weighted by Gasteiger charge is -2.22. The highest BCUT2D eigenvalue weighted by Gasteiger charge is 2.28. The molecule has 0 aliphatic rings. The Labute approximate surface area is 199 Å². The summed E-state index contributed by atoms with van der Waals surface area (Å²) >= 11 is 0. The van der Waals surface area contributed by atoms with E-state index in [9.17, 15) is 23.6 Å². The minimum atomic E-state index is -1.04. The van der Waals surface area contributed by atoms with E-state index < -0.39 is 41.4 Å². The van der Waals surface area contributed by atoms with E-state index in [-0.39, 0.29) is 31.5 Å². The van der Waals surface area contributed by atoms with E-state index in [1.54, 1.807) is 6.07 Å². The van der Waals surface area contributed by atoms with Crippen LogP contribution in [-0.4, -0.2) is 35.5 Å². The molecule has 0 unspecified atom stereocenters. The van der Waals surface area contributed by atoms with Crippen molar-refractivity contribution in [3.8, 4) is 0 Å². The van der Waals surface area contributed by atoms with Crippen LogP contribution in [0.15, 0.2) is 54.6 Å². The molecule has 0 saturated carbocycles. The van der Waals surface area contributed by atoms with Gasteiger partial charge in [0.1, 0.15) is 11.6 Å². The van der Waals surface area contributed by atoms with Crippen molar-refractivity contribution in [2.45, 2.75) is 57.5 Å². The van der Waals surface area contributed by atoms with Crippen molar-refractivity contribution in [1.29, 1.82) is 0 Å². The Balaban J connectivity index is 2.04. The normalized spacial score (nSPS) is 13.5. The van der Waals surface area contributed by atoms with Crippen LogP contribution < -0.4 is 16.8 Å². The summed E-state index contributed by atoms with van der Waals surface area (Å²) < 4.78 is 13.9. The van der Waals surface area contributed by atoms with Gasteiger partial charge in [-0.2, -0.15) is 0 Å². The molecule has 0 spiro atoms. The number of hydrogen-bond donors (Lipinski definition) is 3. The van der Waals surface area contributed by atoms with E-state index in [4.69, 9.17) is 11.5 Å². The maximum Gasteiger partial charge on any atom is 0.224 e. The van der Waals surface area contributed by atoms with E-state index in [1.165, 1.54) is 25.1 Å². The number of rotatable bonds is 14. The molecule has 0 saturated heterocycles. The van der Waals surface area contributed by atoms with Crippen molar-refractivity contribution < 1.29 is 23.6 Å². The monoisotopic (exact) mass is 469 g/mol. The quantitative estimate of drug-likeness (QED) is 0.390. The predicted molar refractivity (Wildman–Crippen MR) is 127 cm³/mol. The molecule has 0 bridgehead atoms. The molecule has 0 aliphatic carbocycles. The minimum Gasteiger partial charge on any atom is -0.370 e. The van der Waals surface area contributed by atoms with Gasteiger partial charge in [-0.3, -0.25) is 19.2 Å². The molecule has 2 rings (SSSR count). The number of carbonyl (C=O) groups is 4. The minimum absolute atomic E-state index is 0.0273. The molecular weight excluding hydrogens is 437 g/mol. The number of ketones is 2. The summed E-state index contributed by atoms with van der Waals surface area (Å²) in [7, 11) is 0. The lowest BCUT2D eigenvalue weighted by molar-refractivity contribution is -0.133. The summed E-state index contributed by atoms with van der Waals surface area (Å²) in [5.41, 5.74) is 12.6. The molecule has 7 nitrogen and oxygen atoms in total. The van der Waals surface area contributed by atoms with Crippen molar-refractivity contribution in [3.63, 3.8) is 0 Å². The van der Waals surface area contributed by atoms with Gasteiger partial charge in [0.25, 0.3) is 0 Å². The molecule has 2 aromatic carbocycles. The standard InChI is InChI=1S/C26H32FN3O4/c1-17(31)13-21(12-11-18-7-3-2-4-8-18)30-26(34)20(16-25(29)33)15-24(32)23(28)14-19-9-5-6-10-22(19)27/h2-10,20-21,23H,11-16,28H2,1H3,(H2,29,33)(H,30,34)/t20-,21+,23-/m1/s1. The van der Waals surface area contributed by atoms with Gasteiger partial charge in [-0.25, -0.2) is 4.39 Å². The fourth-order valence-electron chi connectivity index (χ4n) is 3.79. The number of halogens is 1. The number of hydrogen-bond acceptors (Lipinski definition) is 5. The highest BCUT2D eigenvalue weighted by atomic mass is 19.1. The number of amides is 2. The number of benzene rings is 2. The fraction of sp³-hybridized carbons (Fsp3) is 0.385. The van der Waals surface area contributed by atoms with Crippen molar-refractivity contribution in [2.75, 3.05) is 0 Å². The lowest BCUT2D eigenvalue weighted by Crippen LogP contribution is -2.43. The van der Waals surface area contributed by atoms with E-state index >= 15 is 0 Å². The highest BCUT2D eigenvalue weighted by molar-refractivity contribution is 5.92. The first-order valence-electron chi connectivity index (χ1n) is 11.3. The number of nitrogens with two attached hydrogens (primary N) is 2. The van der Waals surface area contributed by atoms with Crippen LogP contribution in [0.4, 0.5) is 4.39 Å². The van der Waals surface area contributed by atoms with E-state index in [1.807, 2.05) is 30.3 Å². The molecule has 0 heterocycles. The molecule has 34 heavy (non-hydrogen) atoms. The van der Waals surface area contributed by atoms with Gasteiger partial charge in [-0.1, -0.05) is 48.5 Å². The van der Waals surface area contributed by atoms with Crippen LogP contribution in [0.1, 0.15) is 43.7 Å². The zero-order valence-corrected chi connectivity index (χ0v) is 19.3. The van der Waals surface area contributed by atoms with Gasteiger partial charge in [0, 0.05) is 25.3 Å². The van der Waals surface area contributed by atoms with Crippen molar-refractivity contribution in [3.05, 3.63) is 71.5 Å². The fourth-order valence-corrected chi connectivity index (χ4v) is 3.79. The molecule has 8 heteroatoms. The Hall–Kier alpha value is -3.39. The third kappa shape index (κ3) is 9.23. The van der Waals surface area contributed by atoms with Crippen LogP contribution in [0.5, 0.6) is 0 Å². The summed E-state index contributed by atoms with van der Waals surface area (Å²) in [4.78, 5) is 49.0. The zero-order chi connectivity index (χ0) is 25.1. The highest BCUT2D eigenvalue weighted by Crippen LogP contribution is 2.16. The second-order valence-electron chi connectivity index (χ2n) is 8.58. The van der Waals surface area contributed by atoms with Crippen LogP contribution >= 0.6 is 0 Å². The second-order valence-corrected chi connectivity index (χ2v) is 8.58. The Kier molecular flexibility index (Phi) is 10.5. The topological polar surface area (TPSA) is 132 Å². The van der Waals surface area contributed by atoms with Gasteiger partial charge < -0.3 is 16.8 Å². The average molecular weight is 470 g/mol. The van der Waals surface area contributed by atoms with Crippen LogP contribution in [0, 0.1) is 11.7 Å². The van der Waals surface area contributed by atoms with Crippen LogP contribution in [0.2, 0.25) is 0 Å². The third-order valence-electron chi connectivity index (χ3n) is 5.58. The van der Waals surface area contributed by atoms with Gasteiger partial charge in [0.05, 0.1) is 12.0 Å². The number of Topliss-reactive ketones (excluding diaryl/α,β-unsaturated/α-hetero) is 2. The van der Waals surface area contributed by atoms with Gasteiger partial charge in [-0.15, -0.1) is 0 Å². The van der Waals surface area contributed by atoms with Gasteiger partial charge >= 0.3 is 0 Å². The Morgan fingerprint density at radius 3 is 2.21 bits per heavy atom. The van der Waals surface area contributed by atoms with Gasteiger partial charge in [0.15, 0.2) is 5.78 Å². The number of nitrogens with one attached hydrogen (secondary N) is 1. The molecule has 2 amide bonds. The van der Waals surface area contributed by atoms with E-state index in [0.717, 1.165) is 5.56 Å². The Morgan fingerprint density at radius 2 is 1.59 bits per heavy atom. The maximum absolute atomic E-state index is 13.9. The molecular formula is C26H32FN3O4. The van der Waals surface area contributed by atoms with Gasteiger partial charge in [0.2, 0.25) is 11.8 Å². The SMILES string of the molecule is CC(=O)C[C@H](CCc1ccccc1)NC(=O)[C@@H](CC(N)=O)CC(=O)[C@H](N)Cc1ccccc1F.